The highest BCUT2D eigenvalue weighted by atomic mass is 35.5. The van der Waals surface area contributed by atoms with Crippen molar-refractivity contribution in [2.24, 2.45) is 0 Å². The van der Waals surface area contributed by atoms with Gasteiger partial charge in [-0.25, -0.2) is 24.0 Å². The van der Waals surface area contributed by atoms with Gasteiger partial charge in [-0.2, -0.15) is 13.2 Å². The average molecular weight is 828 g/mol. The summed E-state index contributed by atoms with van der Waals surface area (Å²) in [7, 11) is 3.87. The Labute approximate surface area is 337 Å². The van der Waals surface area contributed by atoms with Gasteiger partial charge < -0.3 is 34.8 Å². The molecule has 1 atom stereocenters. The van der Waals surface area contributed by atoms with E-state index in [0.717, 1.165) is 18.2 Å². The second kappa shape index (κ2) is 18.3. The maximum Gasteiger partial charge on any atom is 0.418 e. The van der Waals surface area contributed by atoms with E-state index in [9.17, 15) is 32.3 Å². The van der Waals surface area contributed by atoms with Crippen LogP contribution in [-0.2, 0) is 26.9 Å². The minimum atomic E-state index is -4.82. The fourth-order valence-electron chi connectivity index (χ4n) is 6.90. The Kier molecular flexibility index (Phi) is 13.3. The number of halogens is 4. The molecule has 2 aliphatic rings. The van der Waals surface area contributed by atoms with E-state index in [0.29, 0.717) is 49.6 Å². The van der Waals surface area contributed by atoms with E-state index in [1.165, 1.54) is 26.7 Å². The van der Waals surface area contributed by atoms with Gasteiger partial charge in [0, 0.05) is 64.0 Å². The number of benzene rings is 2. The molecular formula is C39H45ClF3N9O6. The quantitative estimate of drug-likeness (QED) is 0.115. The third-order valence-electron chi connectivity index (χ3n) is 10.1. The molecule has 15 nitrogen and oxygen atoms in total. The number of esters is 1. The number of likely N-dealkylation sites (tertiary alicyclic amines) is 1. The zero-order chi connectivity index (χ0) is 41.6. The molecule has 4 aromatic rings. The van der Waals surface area contributed by atoms with Crippen molar-refractivity contribution in [2.45, 2.75) is 44.0 Å². The number of carbonyl (C=O) groups excluding carboxylic acids is 3. The third-order valence-corrected chi connectivity index (χ3v) is 10.4. The Morgan fingerprint density at radius 1 is 1.00 bits per heavy atom. The predicted molar refractivity (Wildman–Crippen MR) is 209 cm³/mol. The maximum absolute atomic E-state index is 14.1. The molecular weight excluding hydrogens is 783 g/mol. The molecule has 6 rings (SSSR count). The van der Waals surface area contributed by atoms with Crippen LogP contribution in [-0.4, -0.2) is 125 Å². The number of ether oxygens (including phenoxy) is 2. The van der Waals surface area contributed by atoms with Crippen LogP contribution in [0, 0.1) is 0 Å². The first-order chi connectivity index (χ1) is 27.7. The minimum absolute atomic E-state index is 0.00247. The summed E-state index contributed by atoms with van der Waals surface area (Å²) < 4.78 is 54.1. The molecule has 3 N–H and O–H groups in total. The fraction of sp³-hybridized carbons (Fsp3) is 0.436. The standard InChI is InChI=1S/C39H45ClF3N9O6/c1-48(2)13-6-20-57-36(54)27-9-10-32(45-24-27)49-16-18-50(19-17-49)35(53)31(23-25-21-29(39(41,42)43)33(44)30(40)22-25)58-38(56)51-14-11-28(12-15-51)52-37(55)46-34(47-52)26-7-4-3-5-8-26/h3-5,7-10,21-22,24,28,31H,6,11-20,23,44H2,1-2H3,(H,46,47,55)/t31-/m1/s1. The van der Waals surface area contributed by atoms with Gasteiger partial charge in [-0.1, -0.05) is 41.9 Å². The predicted octanol–water partition coefficient (Wildman–Crippen LogP) is 4.73. The number of hydrogen-bond acceptors (Lipinski definition) is 11. The molecule has 2 aromatic heterocycles. The summed E-state index contributed by atoms with van der Waals surface area (Å²) >= 11 is 6.11. The molecule has 4 heterocycles. The SMILES string of the molecule is CN(C)CCCOC(=O)c1ccc(N2CCN(C(=O)[C@@H](Cc3cc(Cl)c(N)c(C(F)(F)F)c3)OC(=O)N3CCC(n4nc(-c5ccccc5)[nH]c4=O)CC3)CC2)nc1. The van der Waals surface area contributed by atoms with E-state index >= 15 is 0 Å². The molecule has 58 heavy (non-hydrogen) atoms. The monoisotopic (exact) mass is 827 g/mol. The molecule has 0 radical (unpaired) electrons. The normalized spacial score (nSPS) is 15.7. The van der Waals surface area contributed by atoms with Crippen LogP contribution in [0.15, 0.2) is 65.6 Å². The number of pyridine rings is 1. The number of carbonyl (C=O) groups is 3. The van der Waals surface area contributed by atoms with Crippen molar-refractivity contribution < 1.29 is 37.0 Å². The van der Waals surface area contributed by atoms with Crippen LogP contribution in [0.25, 0.3) is 11.4 Å². The highest BCUT2D eigenvalue weighted by molar-refractivity contribution is 6.33. The van der Waals surface area contributed by atoms with Gasteiger partial charge in [0.2, 0.25) is 0 Å². The topological polar surface area (TPSA) is 172 Å². The van der Waals surface area contributed by atoms with Gasteiger partial charge in [-0.3, -0.25) is 9.78 Å². The van der Waals surface area contributed by atoms with E-state index in [1.54, 1.807) is 12.1 Å². The van der Waals surface area contributed by atoms with Gasteiger partial charge in [-0.15, -0.1) is 5.10 Å². The Hall–Kier alpha value is -5.62. The first-order valence-electron chi connectivity index (χ1n) is 18.8. The zero-order valence-electron chi connectivity index (χ0n) is 32.1. The molecule has 0 aliphatic carbocycles. The summed E-state index contributed by atoms with van der Waals surface area (Å²) in [4.78, 5) is 66.9. The van der Waals surface area contributed by atoms with E-state index in [-0.39, 0.29) is 55.1 Å². The highest BCUT2D eigenvalue weighted by Crippen LogP contribution is 2.38. The van der Waals surface area contributed by atoms with Gasteiger partial charge in [0.05, 0.1) is 34.5 Å². The van der Waals surface area contributed by atoms with Crippen molar-refractivity contribution in [3.63, 3.8) is 0 Å². The number of nitrogens with two attached hydrogens (primary N) is 1. The number of hydrogen-bond donors (Lipinski definition) is 2. The Morgan fingerprint density at radius 3 is 2.34 bits per heavy atom. The summed E-state index contributed by atoms with van der Waals surface area (Å²) in [5.74, 6) is -0.0779. The second-order valence-corrected chi connectivity index (χ2v) is 14.8. The number of aromatic nitrogens is 4. The molecule has 2 aromatic carbocycles. The van der Waals surface area contributed by atoms with Crippen LogP contribution in [0.5, 0.6) is 0 Å². The van der Waals surface area contributed by atoms with Crippen molar-refractivity contribution in [3.05, 3.63) is 93.0 Å². The van der Waals surface area contributed by atoms with Gasteiger partial charge in [0.15, 0.2) is 11.9 Å². The zero-order valence-corrected chi connectivity index (χ0v) is 32.8. The first-order valence-corrected chi connectivity index (χ1v) is 19.2. The molecule has 0 bridgehead atoms. The number of piperazine rings is 1. The lowest BCUT2D eigenvalue weighted by Crippen LogP contribution is -2.53. The molecule has 19 heteroatoms. The summed E-state index contributed by atoms with van der Waals surface area (Å²) in [5.41, 5.74) is 4.51. The van der Waals surface area contributed by atoms with Crippen LogP contribution in [0.2, 0.25) is 5.02 Å². The van der Waals surface area contributed by atoms with Crippen molar-refractivity contribution in [1.82, 2.24) is 34.4 Å². The van der Waals surface area contributed by atoms with Gasteiger partial charge in [0.25, 0.3) is 5.91 Å². The molecule has 2 fully saturated rings. The number of alkyl halides is 3. The lowest BCUT2D eigenvalue weighted by Gasteiger charge is -2.37. The number of nitrogens with one attached hydrogen (secondary N) is 1. The van der Waals surface area contributed by atoms with E-state index in [2.05, 4.69) is 15.1 Å². The lowest BCUT2D eigenvalue weighted by molar-refractivity contribution is -0.141. The Bertz CT molecular complexity index is 2120. The molecule has 0 saturated carbocycles. The molecule has 2 saturated heterocycles. The molecule has 2 aliphatic heterocycles. The average Bonchev–Trinajstić information content (AvgIpc) is 3.61. The van der Waals surface area contributed by atoms with Gasteiger partial charge >= 0.3 is 23.9 Å². The van der Waals surface area contributed by atoms with Crippen LogP contribution in [0.3, 0.4) is 0 Å². The van der Waals surface area contributed by atoms with Crippen LogP contribution in [0.1, 0.15) is 46.8 Å². The van der Waals surface area contributed by atoms with Gasteiger partial charge in [-0.05, 0) is 63.2 Å². The minimum Gasteiger partial charge on any atom is -0.462 e. The number of nitrogens with zero attached hydrogens (tertiary/aromatic N) is 7. The lowest BCUT2D eigenvalue weighted by atomic mass is 10.0. The first kappa shape index (κ1) is 42.0. The fourth-order valence-corrected chi connectivity index (χ4v) is 7.14. The number of H-pyrrole nitrogens is 1. The Balaban J connectivity index is 1.11. The third kappa shape index (κ3) is 10.3. The highest BCUT2D eigenvalue weighted by Gasteiger charge is 2.37. The molecule has 2 amide bonds. The van der Waals surface area contributed by atoms with Crippen LogP contribution >= 0.6 is 11.6 Å². The van der Waals surface area contributed by atoms with E-state index < -0.39 is 47.9 Å². The van der Waals surface area contributed by atoms with Crippen molar-refractivity contribution in [3.8, 4) is 11.4 Å². The summed E-state index contributed by atoms with van der Waals surface area (Å²) in [6.45, 7) is 2.47. The van der Waals surface area contributed by atoms with E-state index in [4.69, 9.17) is 26.8 Å². The van der Waals surface area contributed by atoms with Crippen molar-refractivity contribution in [2.75, 3.05) is 77.1 Å². The number of amides is 2. The molecule has 310 valence electrons. The number of anilines is 2. The Morgan fingerprint density at radius 2 is 1.71 bits per heavy atom. The van der Waals surface area contributed by atoms with Crippen LogP contribution in [0.4, 0.5) is 29.5 Å². The van der Waals surface area contributed by atoms with Crippen LogP contribution < -0.4 is 16.3 Å². The van der Waals surface area contributed by atoms with Gasteiger partial charge in [0.1, 0.15) is 5.82 Å². The molecule has 0 unspecified atom stereocenters. The smallest absolute Gasteiger partial charge is 0.418 e. The van der Waals surface area contributed by atoms with Crippen molar-refractivity contribution >= 4 is 41.1 Å². The summed E-state index contributed by atoms with van der Waals surface area (Å²) in [6, 6.07) is 14.2. The number of aromatic amines is 1. The maximum atomic E-state index is 14.1. The van der Waals surface area contributed by atoms with E-state index in [1.807, 2.05) is 54.2 Å². The summed E-state index contributed by atoms with van der Waals surface area (Å²) in [6.07, 6.45) is -4.69. The summed E-state index contributed by atoms with van der Waals surface area (Å²) in [5, 5.41) is 4.12. The number of piperidine rings is 1. The largest absolute Gasteiger partial charge is 0.462 e. The van der Waals surface area contributed by atoms with Crippen molar-refractivity contribution in [1.29, 1.82) is 0 Å². The molecule has 0 spiro atoms. The number of rotatable bonds is 12. The second-order valence-electron chi connectivity index (χ2n) is 14.4. The number of nitrogen functional groups attached to an aromatic ring is 1.